The van der Waals surface area contributed by atoms with Crippen LogP contribution in [0.15, 0.2) is 42.5 Å². The van der Waals surface area contributed by atoms with Crippen molar-refractivity contribution in [2.75, 3.05) is 7.11 Å². The van der Waals surface area contributed by atoms with E-state index < -0.39 is 5.97 Å². The molecule has 6 heteroatoms. The number of hydrogen-bond donors (Lipinski definition) is 1. The van der Waals surface area contributed by atoms with Gasteiger partial charge in [-0.2, -0.15) is 0 Å². The van der Waals surface area contributed by atoms with Gasteiger partial charge in [0.1, 0.15) is 5.75 Å². The Balaban J connectivity index is 2.02. The fraction of sp³-hybridized carbons (Fsp3) is 0.238. The molecule has 27 heavy (non-hydrogen) atoms. The van der Waals surface area contributed by atoms with Crippen molar-refractivity contribution in [2.24, 2.45) is 0 Å². The molecule has 0 fully saturated rings. The van der Waals surface area contributed by atoms with Gasteiger partial charge in [0.25, 0.3) is 0 Å². The number of fused-ring (bicyclic) bond motifs is 1. The Morgan fingerprint density at radius 2 is 1.81 bits per heavy atom. The van der Waals surface area contributed by atoms with Gasteiger partial charge in [-0.3, -0.25) is 9.59 Å². The Hall–Kier alpha value is -2.79. The summed E-state index contributed by atoms with van der Waals surface area (Å²) in [4.78, 5) is 28.0. The number of ketones is 1. The molecule has 0 saturated carbocycles. The third kappa shape index (κ3) is 4.14. The van der Waals surface area contributed by atoms with Crippen LogP contribution in [0.25, 0.3) is 10.9 Å². The normalized spacial score (nSPS) is 11.0. The molecular formula is C21H20ClNO4. The number of esters is 1. The predicted octanol–water partition coefficient (Wildman–Crippen LogP) is 4.56. The molecule has 2 aromatic carbocycles. The van der Waals surface area contributed by atoms with Crippen molar-refractivity contribution in [2.45, 2.75) is 26.4 Å². The van der Waals surface area contributed by atoms with Crippen molar-refractivity contribution in [3.05, 3.63) is 64.3 Å². The van der Waals surface area contributed by atoms with Gasteiger partial charge >= 0.3 is 5.97 Å². The molecule has 0 spiro atoms. The molecule has 0 unspecified atom stereocenters. The van der Waals surface area contributed by atoms with Gasteiger partial charge in [-0.25, -0.2) is 0 Å². The number of benzene rings is 2. The van der Waals surface area contributed by atoms with Crippen LogP contribution in [-0.2, 0) is 16.0 Å². The Kier molecular flexibility index (Phi) is 5.51. The monoisotopic (exact) mass is 385 g/mol. The summed E-state index contributed by atoms with van der Waals surface area (Å²) in [5.74, 6) is 0.0673. The zero-order valence-corrected chi connectivity index (χ0v) is 16.1. The number of halogens is 1. The van der Waals surface area contributed by atoms with E-state index in [1.165, 1.54) is 7.11 Å². The molecule has 0 aliphatic rings. The number of hydrogen-bond acceptors (Lipinski definition) is 4. The van der Waals surface area contributed by atoms with E-state index in [1.54, 1.807) is 42.5 Å². The van der Waals surface area contributed by atoms with Crippen LogP contribution in [0.3, 0.4) is 0 Å². The van der Waals surface area contributed by atoms with E-state index in [9.17, 15) is 9.59 Å². The molecule has 0 aliphatic carbocycles. The summed E-state index contributed by atoms with van der Waals surface area (Å²) in [7, 11) is 1.32. The van der Waals surface area contributed by atoms with Crippen LogP contribution < -0.4 is 4.74 Å². The molecular weight excluding hydrogens is 366 g/mol. The highest BCUT2D eigenvalue weighted by Crippen LogP contribution is 2.28. The largest absolute Gasteiger partial charge is 0.491 e. The quantitative estimate of drug-likeness (QED) is 0.499. The Labute approximate surface area is 162 Å². The number of aromatic nitrogens is 1. The van der Waals surface area contributed by atoms with E-state index in [0.29, 0.717) is 33.1 Å². The number of aromatic amines is 1. The van der Waals surface area contributed by atoms with Crippen molar-refractivity contribution in [1.29, 1.82) is 0 Å². The fourth-order valence-electron chi connectivity index (χ4n) is 2.92. The lowest BCUT2D eigenvalue weighted by Gasteiger charge is -2.10. The first-order valence-electron chi connectivity index (χ1n) is 8.57. The molecule has 140 valence electrons. The summed E-state index contributed by atoms with van der Waals surface area (Å²) >= 11 is 6.06. The van der Waals surface area contributed by atoms with Gasteiger partial charge in [-0.05, 0) is 50.2 Å². The van der Waals surface area contributed by atoms with E-state index in [2.05, 4.69) is 4.98 Å². The Bertz CT molecular complexity index is 989. The molecule has 0 saturated heterocycles. The first-order chi connectivity index (χ1) is 12.9. The Morgan fingerprint density at radius 3 is 2.44 bits per heavy atom. The molecule has 1 aromatic heterocycles. The molecule has 5 nitrogen and oxygen atoms in total. The highest BCUT2D eigenvalue weighted by molar-refractivity contribution is 6.31. The van der Waals surface area contributed by atoms with Crippen molar-refractivity contribution in [3.8, 4) is 5.75 Å². The molecule has 1 N–H and O–H groups in total. The standard InChI is InChI=1S/C21H20ClNO4/c1-12(2)27-15-7-4-13(5-8-15)21(25)20-17(11-19(24)26-3)16-9-6-14(22)10-18(16)23-20/h4-10,12,23H,11H2,1-3H3. The van der Waals surface area contributed by atoms with Crippen LogP contribution in [0.5, 0.6) is 5.75 Å². The molecule has 0 atom stereocenters. The average molecular weight is 386 g/mol. The fourth-order valence-corrected chi connectivity index (χ4v) is 3.10. The number of rotatable bonds is 6. The zero-order valence-electron chi connectivity index (χ0n) is 15.3. The van der Waals surface area contributed by atoms with E-state index in [4.69, 9.17) is 21.1 Å². The summed E-state index contributed by atoms with van der Waals surface area (Å²) in [5, 5.41) is 1.32. The van der Waals surface area contributed by atoms with Crippen LogP contribution in [-0.4, -0.2) is 30.0 Å². The minimum atomic E-state index is -0.416. The number of carbonyl (C=O) groups is 2. The van der Waals surface area contributed by atoms with Gasteiger partial charge in [-0.1, -0.05) is 17.7 Å². The van der Waals surface area contributed by atoms with E-state index >= 15 is 0 Å². The number of ether oxygens (including phenoxy) is 2. The lowest BCUT2D eigenvalue weighted by Crippen LogP contribution is -2.10. The minimum absolute atomic E-state index is 0.00620. The molecule has 0 radical (unpaired) electrons. The van der Waals surface area contributed by atoms with Crippen LogP contribution in [0.2, 0.25) is 5.02 Å². The molecule has 3 rings (SSSR count). The first kappa shape index (κ1) is 19.0. The number of carbonyl (C=O) groups excluding carboxylic acids is 2. The summed E-state index contributed by atoms with van der Waals surface area (Å²) in [6.07, 6.45) is 0.0463. The highest BCUT2D eigenvalue weighted by atomic mass is 35.5. The Morgan fingerprint density at radius 1 is 1.11 bits per heavy atom. The lowest BCUT2D eigenvalue weighted by atomic mass is 10.0. The van der Waals surface area contributed by atoms with Gasteiger partial charge in [0.2, 0.25) is 5.78 Å². The molecule has 1 heterocycles. The van der Waals surface area contributed by atoms with Crippen molar-refractivity contribution in [1.82, 2.24) is 4.98 Å². The summed E-state index contributed by atoms with van der Waals surface area (Å²) in [6.45, 7) is 3.88. The van der Waals surface area contributed by atoms with Crippen molar-refractivity contribution in [3.63, 3.8) is 0 Å². The van der Waals surface area contributed by atoms with Gasteiger partial charge in [0.15, 0.2) is 0 Å². The van der Waals surface area contributed by atoms with Gasteiger partial charge in [0.05, 0.1) is 25.3 Å². The maximum atomic E-state index is 13.1. The maximum absolute atomic E-state index is 13.1. The van der Waals surface area contributed by atoms with Crippen molar-refractivity contribution >= 4 is 34.3 Å². The molecule has 0 bridgehead atoms. The van der Waals surface area contributed by atoms with Gasteiger partial charge in [0, 0.05) is 27.1 Å². The summed E-state index contributed by atoms with van der Waals surface area (Å²) in [5.41, 5.74) is 2.15. The van der Waals surface area contributed by atoms with E-state index in [-0.39, 0.29) is 18.3 Å². The second kappa shape index (κ2) is 7.84. The molecule has 0 amide bonds. The average Bonchev–Trinajstić information content (AvgIpc) is 2.98. The highest BCUT2D eigenvalue weighted by Gasteiger charge is 2.21. The third-order valence-electron chi connectivity index (χ3n) is 4.13. The van der Waals surface area contributed by atoms with Crippen molar-refractivity contribution < 1.29 is 19.1 Å². The van der Waals surface area contributed by atoms with Crippen LogP contribution in [0, 0.1) is 0 Å². The zero-order chi connectivity index (χ0) is 19.6. The second-order valence-corrected chi connectivity index (χ2v) is 6.88. The SMILES string of the molecule is COC(=O)Cc1c(C(=O)c2ccc(OC(C)C)cc2)[nH]c2cc(Cl)ccc12. The first-order valence-corrected chi connectivity index (χ1v) is 8.95. The van der Waals surface area contributed by atoms with Gasteiger partial charge in [-0.15, -0.1) is 0 Å². The smallest absolute Gasteiger partial charge is 0.310 e. The summed E-state index contributed by atoms with van der Waals surface area (Å²) in [6, 6.07) is 12.2. The van der Waals surface area contributed by atoms with Crippen LogP contribution in [0.4, 0.5) is 0 Å². The van der Waals surface area contributed by atoms with E-state index in [1.807, 2.05) is 13.8 Å². The number of methoxy groups -OCH3 is 1. The molecule has 0 aliphatic heterocycles. The topological polar surface area (TPSA) is 68.4 Å². The number of nitrogens with one attached hydrogen (secondary N) is 1. The molecule has 3 aromatic rings. The maximum Gasteiger partial charge on any atom is 0.310 e. The summed E-state index contributed by atoms with van der Waals surface area (Å²) < 4.78 is 10.4. The predicted molar refractivity (Wildman–Crippen MR) is 105 cm³/mol. The third-order valence-corrected chi connectivity index (χ3v) is 4.37. The number of H-pyrrole nitrogens is 1. The van der Waals surface area contributed by atoms with E-state index in [0.717, 1.165) is 5.39 Å². The minimum Gasteiger partial charge on any atom is -0.491 e. The van der Waals surface area contributed by atoms with Crippen LogP contribution >= 0.6 is 11.6 Å². The second-order valence-electron chi connectivity index (χ2n) is 6.44. The lowest BCUT2D eigenvalue weighted by molar-refractivity contribution is -0.139. The van der Waals surface area contributed by atoms with Crippen LogP contribution in [0.1, 0.15) is 35.5 Å². The van der Waals surface area contributed by atoms with Gasteiger partial charge < -0.3 is 14.5 Å².